The van der Waals surface area contributed by atoms with Gasteiger partial charge in [-0.2, -0.15) is 0 Å². The molecule has 0 spiro atoms. The van der Waals surface area contributed by atoms with Gasteiger partial charge in [-0.05, 0) is 12.0 Å². The van der Waals surface area contributed by atoms with Crippen LogP contribution in [0.3, 0.4) is 0 Å². The van der Waals surface area contributed by atoms with Crippen molar-refractivity contribution >= 4 is 5.91 Å². The highest BCUT2D eigenvalue weighted by Gasteiger charge is 2.06. The third-order valence-electron chi connectivity index (χ3n) is 2.41. The van der Waals surface area contributed by atoms with Gasteiger partial charge in [-0.3, -0.25) is 10.0 Å². The van der Waals surface area contributed by atoms with Crippen molar-refractivity contribution in [1.82, 2.24) is 5.48 Å². The van der Waals surface area contributed by atoms with Gasteiger partial charge in [0.2, 0.25) is 0 Å². The molecule has 0 radical (unpaired) electrons. The number of nitrogens with one attached hydrogen (secondary N) is 1. The van der Waals surface area contributed by atoms with Gasteiger partial charge in [-0.15, -0.1) is 0 Å². The highest BCUT2D eigenvalue weighted by Crippen LogP contribution is 2.20. The zero-order valence-electron chi connectivity index (χ0n) is 10.2. The lowest BCUT2D eigenvalue weighted by molar-refractivity contribution is -0.124. The lowest BCUT2D eigenvalue weighted by Gasteiger charge is -2.13. The second-order valence-corrected chi connectivity index (χ2v) is 3.63. The van der Waals surface area contributed by atoms with E-state index in [4.69, 9.17) is 9.94 Å². The Morgan fingerprint density at radius 3 is 2.72 bits per heavy atom. The Morgan fingerprint density at radius 2 is 2.11 bits per heavy atom. The van der Waals surface area contributed by atoms with E-state index in [-0.39, 0.29) is 6.10 Å². The number of hydroxylamine groups is 1. The van der Waals surface area contributed by atoms with Gasteiger partial charge < -0.3 is 4.74 Å². The fraction of sp³-hybridized carbons (Fsp3) is 0.214. The van der Waals surface area contributed by atoms with E-state index in [1.54, 1.807) is 19.3 Å². The number of hydrogen-bond donors (Lipinski definition) is 2. The van der Waals surface area contributed by atoms with Crippen molar-refractivity contribution in [2.75, 3.05) is 7.11 Å². The monoisotopic (exact) mass is 247 g/mol. The Bertz CT molecular complexity index is 412. The zero-order valence-corrected chi connectivity index (χ0v) is 10.2. The second kappa shape index (κ2) is 8.22. The van der Waals surface area contributed by atoms with Crippen LogP contribution >= 0.6 is 0 Å². The fourth-order valence-electron chi connectivity index (χ4n) is 1.50. The SMILES string of the molecule is COC(CC=CC=CC(=O)NO)c1ccccc1. The molecule has 0 bridgehead atoms. The molecule has 18 heavy (non-hydrogen) atoms. The minimum Gasteiger partial charge on any atom is -0.376 e. The normalized spacial score (nSPS) is 13.0. The molecule has 0 heterocycles. The van der Waals surface area contributed by atoms with Gasteiger partial charge in [-0.25, -0.2) is 5.48 Å². The number of benzene rings is 1. The summed E-state index contributed by atoms with van der Waals surface area (Å²) in [5, 5.41) is 8.27. The number of carbonyl (C=O) groups is 1. The summed E-state index contributed by atoms with van der Waals surface area (Å²) in [6, 6.07) is 9.92. The smallest absolute Gasteiger partial charge is 0.267 e. The van der Waals surface area contributed by atoms with Crippen molar-refractivity contribution in [3.8, 4) is 0 Å². The van der Waals surface area contributed by atoms with Gasteiger partial charge in [0.15, 0.2) is 0 Å². The van der Waals surface area contributed by atoms with Crippen LogP contribution < -0.4 is 5.48 Å². The second-order valence-electron chi connectivity index (χ2n) is 3.63. The van der Waals surface area contributed by atoms with E-state index in [9.17, 15) is 4.79 Å². The molecule has 4 heteroatoms. The van der Waals surface area contributed by atoms with Gasteiger partial charge >= 0.3 is 0 Å². The van der Waals surface area contributed by atoms with Crippen LogP contribution in [0.2, 0.25) is 0 Å². The predicted octanol–water partition coefficient (Wildman–Crippen LogP) is 2.38. The first kappa shape index (κ1) is 14.2. The predicted molar refractivity (Wildman–Crippen MR) is 69.0 cm³/mol. The summed E-state index contributed by atoms with van der Waals surface area (Å²) in [6.45, 7) is 0. The van der Waals surface area contributed by atoms with E-state index in [1.165, 1.54) is 11.6 Å². The van der Waals surface area contributed by atoms with Crippen molar-refractivity contribution in [2.24, 2.45) is 0 Å². The quantitative estimate of drug-likeness (QED) is 0.351. The number of rotatable bonds is 6. The van der Waals surface area contributed by atoms with Crippen LogP contribution in [0.1, 0.15) is 18.1 Å². The Balaban J connectivity index is 2.48. The topological polar surface area (TPSA) is 58.6 Å². The minimum atomic E-state index is -0.550. The maximum Gasteiger partial charge on any atom is 0.267 e. The molecule has 1 aromatic carbocycles. The molecule has 0 saturated heterocycles. The van der Waals surface area contributed by atoms with Gasteiger partial charge in [0.1, 0.15) is 0 Å². The third kappa shape index (κ3) is 4.95. The van der Waals surface area contributed by atoms with E-state index < -0.39 is 5.91 Å². The van der Waals surface area contributed by atoms with Crippen LogP contribution in [-0.2, 0) is 9.53 Å². The molecule has 0 aliphatic carbocycles. The molecule has 96 valence electrons. The fourth-order valence-corrected chi connectivity index (χ4v) is 1.50. The van der Waals surface area contributed by atoms with E-state index in [0.29, 0.717) is 6.42 Å². The van der Waals surface area contributed by atoms with E-state index in [1.807, 2.05) is 36.4 Å². The Labute approximate surface area is 107 Å². The average molecular weight is 247 g/mol. The molecule has 0 aliphatic rings. The number of amides is 1. The van der Waals surface area contributed by atoms with Gasteiger partial charge in [0, 0.05) is 13.2 Å². The lowest BCUT2D eigenvalue weighted by atomic mass is 10.1. The lowest BCUT2D eigenvalue weighted by Crippen LogP contribution is -2.14. The van der Waals surface area contributed by atoms with Gasteiger partial charge in [0.25, 0.3) is 5.91 Å². The number of methoxy groups -OCH3 is 1. The molecular weight excluding hydrogens is 230 g/mol. The van der Waals surface area contributed by atoms with Crippen LogP contribution in [-0.4, -0.2) is 18.2 Å². The molecular formula is C14H17NO3. The zero-order chi connectivity index (χ0) is 13.2. The molecule has 1 atom stereocenters. The minimum absolute atomic E-state index is 0.00233. The Hall–Kier alpha value is -1.91. The Morgan fingerprint density at radius 1 is 1.39 bits per heavy atom. The molecule has 2 N–H and O–H groups in total. The van der Waals surface area contributed by atoms with Crippen molar-refractivity contribution in [1.29, 1.82) is 0 Å². The summed E-state index contributed by atoms with van der Waals surface area (Å²) in [7, 11) is 1.67. The Kier molecular flexibility index (Phi) is 6.46. The van der Waals surface area contributed by atoms with Crippen LogP contribution in [0, 0.1) is 0 Å². The summed E-state index contributed by atoms with van der Waals surface area (Å²) in [4.78, 5) is 10.7. The summed E-state index contributed by atoms with van der Waals surface area (Å²) in [5.41, 5.74) is 2.63. The van der Waals surface area contributed by atoms with Gasteiger partial charge in [-0.1, -0.05) is 48.6 Å². The van der Waals surface area contributed by atoms with Crippen molar-refractivity contribution in [3.63, 3.8) is 0 Å². The molecule has 1 unspecified atom stereocenters. The molecule has 0 saturated carbocycles. The first-order chi connectivity index (χ1) is 8.77. The first-order valence-electron chi connectivity index (χ1n) is 5.63. The standard InChI is InChI=1S/C14H17NO3/c1-18-13(12-8-4-2-5-9-12)10-6-3-7-11-14(16)15-17/h2-9,11,13,17H,10H2,1H3,(H,15,16). The van der Waals surface area contributed by atoms with Crippen LogP contribution in [0.5, 0.6) is 0 Å². The summed E-state index contributed by atoms with van der Waals surface area (Å²) < 4.78 is 5.39. The van der Waals surface area contributed by atoms with E-state index in [2.05, 4.69) is 0 Å². The number of carbonyl (C=O) groups excluding carboxylic acids is 1. The number of ether oxygens (including phenoxy) is 1. The molecule has 0 aliphatic heterocycles. The maximum absolute atomic E-state index is 10.7. The highest BCUT2D eigenvalue weighted by atomic mass is 16.5. The molecule has 1 amide bonds. The molecule has 1 rings (SSSR count). The summed E-state index contributed by atoms with van der Waals surface area (Å²) in [5.74, 6) is -0.550. The summed E-state index contributed by atoms with van der Waals surface area (Å²) in [6.07, 6.45) is 7.16. The molecule has 0 fully saturated rings. The van der Waals surface area contributed by atoms with E-state index >= 15 is 0 Å². The van der Waals surface area contributed by atoms with E-state index in [0.717, 1.165) is 5.56 Å². The van der Waals surface area contributed by atoms with Crippen LogP contribution in [0.25, 0.3) is 0 Å². The molecule has 0 aromatic heterocycles. The highest BCUT2D eigenvalue weighted by molar-refractivity contribution is 5.86. The third-order valence-corrected chi connectivity index (χ3v) is 2.41. The van der Waals surface area contributed by atoms with Crippen LogP contribution in [0.4, 0.5) is 0 Å². The van der Waals surface area contributed by atoms with Crippen molar-refractivity contribution < 1.29 is 14.7 Å². The largest absolute Gasteiger partial charge is 0.376 e. The number of hydrogen-bond acceptors (Lipinski definition) is 3. The number of allylic oxidation sites excluding steroid dienone is 2. The molecule has 1 aromatic rings. The first-order valence-corrected chi connectivity index (χ1v) is 5.63. The van der Waals surface area contributed by atoms with Crippen molar-refractivity contribution in [3.05, 3.63) is 60.2 Å². The molecule has 4 nitrogen and oxygen atoms in total. The maximum atomic E-state index is 10.7. The summed E-state index contributed by atoms with van der Waals surface area (Å²) >= 11 is 0. The van der Waals surface area contributed by atoms with Crippen molar-refractivity contribution in [2.45, 2.75) is 12.5 Å². The average Bonchev–Trinajstić information content (AvgIpc) is 2.43. The van der Waals surface area contributed by atoms with Crippen LogP contribution in [0.15, 0.2) is 54.6 Å². The van der Waals surface area contributed by atoms with Gasteiger partial charge in [0.05, 0.1) is 6.10 Å².